The first-order valence-corrected chi connectivity index (χ1v) is 26.8. The zero-order chi connectivity index (χ0) is 49.4. The number of ether oxygens (including phenoxy) is 2. The number of aliphatic hydroxyl groups excluding tert-OH is 5. The molecule has 1 fully saturated rings. The van der Waals surface area contributed by atoms with Gasteiger partial charge >= 0.3 is 0 Å². The summed E-state index contributed by atoms with van der Waals surface area (Å²) < 4.78 is 11.2. The maximum Gasteiger partial charge on any atom is 0.220 e. The van der Waals surface area contributed by atoms with Crippen LogP contribution in [0.15, 0.2) is 122 Å². The summed E-state index contributed by atoms with van der Waals surface area (Å²) in [6.45, 7) is 3.60. The summed E-state index contributed by atoms with van der Waals surface area (Å²) in [6, 6.07) is -0.843. The number of hydrogen-bond acceptors (Lipinski definition) is 8. The Labute approximate surface area is 414 Å². The Morgan fingerprint density at radius 3 is 1.41 bits per heavy atom. The molecule has 0 aromatic carbocycles. The lowest BCUT2D eigenvalue weighted by molar-refractivity contribution is -0.302. The molecule has 0 spiro atoms. The van der Waals surface area contributed by atoms with E-state index in [1.807, 2.05) is 6.08 Å². The van der Waals surface area contributed by atoms with Crippen LogP contribution in [-0.2, 0) is 14.3 Å². The van der Waals surface area contributed by atoms with Gasteiger partial charge in [0.1, 0.15) is 24.4 Å². The smallest absolute Gasteiger partial charge is 0.220 e. The molecular weight excluding hydrogens is 851 g/mol. The molecule has 7 unspecified atom stereocenters. The number of carbonyl (C=O) groups excluding carboxylic acids is 1. The van der Waals surface area contributed by atoms with E-state index in [0.29, 0.717) is 6.42 Å². The third-order valence-electron chi connectivity index (χ3n) is 11.7. The highest BCUT2D eigenvalue weighted by Gasteiger charge is 2.44. The van der Waals surface area contributed by atoms with Gasteiger partial charge in [-0.05, 0) is 103 Å². The number of rotatable bonds is 43. The minimum atomic E-state index is -1.58. The molecule has 9 nitrogen and oxygen atoms in total. The molecule has 1 saturated heterocycles. The Bertz CT molecular complexity index is 1470. The Morgan fingerprint density at radius 2 is 0.926 bits per heavy atom. The fourth-order valence-electron chi connectivity index (χ4n) is 7.52. The van der Waals surface area contributed by atoms with E-state index in [1.165, 1.54) is 57.8 Å². The lowest BCUT2D eigenvalue weighted by atomic mass is 9.99. The van der Waals surface area contributed by atoms with Crippen LogP contribution >= 0.6 is 0 Å². The first kappa shape index (κ1) is 62.6. The van der Waals surface area contributed by atoms with Crippen LogP contribution in [0.25, 0.3) is 0 Å². The number of unbranched alkanes of at least 4 members (excludes halogenated alkanes) is 15. The molecule has 0 aliphatic carbocycles. The predicted molar refractivity (Wildman–Crippen MR) is 285 cm³/mol. The quantitative estimate of drug-likeness (QED) is 0.0261. The normalized spacial score (nSPS) is 20.6. The van der Waals surface area contributed by atoms with Gasteiger partial charge in [0.15, 0.2) is 6.29 Å². The Hall–Kier alpha value is -3.41. The third-order valence-corrected chi connectivity index (χ3v) is 11.7. The highest BCUT2D eigenvalue weighted by Crippen LogP contribution is 2.22. The number of amides is 1. The average Bonchev–Trinajstić information content (AvgIpc) is 3.34. The van der Waals surface area contributed by atoms with Gasteiger partial charge in [0.2, 0.25) is 5.91 Å². The van der Waals surface area contributed by atoms with Crippen LogP contribution < -0.4 is 5.32 Å². The lowest BCUT2D eigenvalue weighted by Gasteiger charge is -2.40. The van der Waals surface area contributed by atoms with Gasteiger partial charge in [0, 0.05) is 6.42 Å². The predicted octanol–water partition coefficient (Wildman–Crippen LogP) is 12.8. The maximum atomic E-state index is 13.0. The number of hydrogen-bond donors (Lipinski definition) is 6. The van der Waals surface area contributed by atoms with Crippen molar-refractivity contribution >= 4 is 5.91 Å². The SMILES string of the molecule is CC/C=C\C/C=C\C/C=C\C/C=C\C/C=C\C/C=C\C/C=C\CCCCCCCCCC(=O)NC(COC1OC(CO)C(O)C(O)C1O)C(O)/C=C/CC/C=C/CC/C=C/CCCCCCCC. The minimum Gasteiger partial charge on any atom is -0.394 e. The van der Waals surface area contributed by atoms with Crippen molar-refractivity contribution in [3.63, 3.8) is 0 Å². The van der Waals surface area contributed by atoms with Gasteiger partial charge < -0.3 is 40.3 Å². The first-order chi connectivity index (χ1) is 33.3. The number of nitrogens with one attached hydrogen (secondary N) is 1. The number of carbonyl (C=O) groups is 1. The molecule has 1 aliphatic rings. The van der Waals surface area contributed by atoms with Crippen molar-refractivity contribution < 1.29 is 39.8 Å². The van der Waals surface area contributed by atoms with Crippen LogP contribution in [0.1, 0.15) is 187 Å². The van der Waals surface area contributed by atoms with E-state index in [4.69, 9.17) is 9.47 Å². The molecule has 7 atom stereocenters. The van der Waals surface area contributed by atoms with E-state index in [0.717, 1.165) is 109 Å². The van der Waals surface area contributed by atoms with E-state index in [2.05, 4.69) is 129 Å². The molecule has 1 rings (SSSR count). The highest BCUT2D eigenvalue weighted by molar-refractivity contribution is 5.76. The summed E-state index contributed by atoms with van der Waals surface area (Å²) in [5, 5.41) is 54.3. The first-order valence-electron chi connectivity index (χ1n) is 26.8. The minimum absolute atomic E-state index is 0.209. The molecule has 6 N–H and O–H groups in total. The van der Waals surface area contributed by atoms with Gasteiger partial charge in [0.05, 0.1) is 25.4 Å². The monoisotopic (exact) mass is 948 g/mol. The van der Waals surface area contributed by atoms with Crippen molar-refractivity contribution in [2.24, 2.45) is 0 Å². The molecule has 0 saturated carbocycles. The second kappa shape index (κ2) is 47.3. The molecule has 1 heterocycles. The van der Waals surface area contributed by atoms with Crippen LogP contribution in [0.2, 0.25) is 0 Å². The van der Waals surface area contributed by atoms with E-state index in [9.17, 15) is 30.3 Å². The molecule has 0 aromatic heterocycles. The second-order valence-corrected chi connectivity index (χ2v) is 17.9. The van der Waals surface area contributed by atoms with E-state index in [-0.39, 0.29) is 12.5 Å². The van der Waals surface area contributed by atoms with Crippen LogP contribution in [-0.4, -0.2) is 87.5 Å². The molecule has 9 heteroatoms. The van der Waals surface area contributed by atoms with Gasteiger partial charge in [-0.15, -0.1) is 0 Å². The van der Waals surface area contributed by atoms with Crippen molar-refractivity contribution in [2.45, 2.75) is 230 Å². The van der Waals surface area contributed by atoms with Gasteiger partial charge in [-0.1, -0.05) is 200 Å². The lowest BCUT2D eigenvalue weighted by Crippen LogP contribution is -2.60. The maximum absolute atomic E-state index is 13.0. The van der Waals surface area contributed by atoms with Crippen molar-refractivity contribution in [3.05, 3.63) is 122 Å². The van der Waals surface area contributed by atoms with Crippen LogP contribution in [0.4, 0.5) is 0 Å². The van der Waals surface area contributed by atoms with Crippen LogP contribution in [0.5, 0.6) is 0 Å². The molecule has 1 aliphatic heterocycles. The van der Waals surface area contributed by atoms with Crippen molar-refractivity contribution in [1.29, 1.82) is 0 Å². The Kier molecular flexibility index (Phi) is 43.5. The summed E-state index contributed by atoms with van der Waals surface area (Å²) in [5.74, 6) is -0.209. The zero-order valence-corrected chi connectivity index (χ0v) is 42.6. The Morgan fingerprint density at radius 1 is 0.515 bits per heavy atom. The molecule has 0 radical (unpaired) electrons. The summed E-state index contributed by atoms with van der Waals surface area (Å²) >= 11 is 0. The molecule has 1 amide bonds. The highest BCUT2D eigenvalue weighted by atomic mass is 16.7. The summed E-state index contributed by atoms with van der Waals surface area (Å²) in [7, 11) is 0. The Balaban J connectivity index is 2.30. The van der Waals surface area contributed by atoms with Gasteiger partial charge in [-0.25, -0.2) is 0 Å². The fourth-order valence-corrected chi connectivity index (χ4v) is 7.52. The zero-order valence-electron chi connectivity index (χ0n) is 42.6. The third kappa shape index (κ3) is 36.6. The summed E-state index contributed by atoms with van der Waals surface area (Å²) in [4.78, 5) is 13.0. The molecular formula is C59H97NO8. The molecule has 386 valence electrons. The number of allylic oxidation sites excluding steroid dienone is 19. The van der Waals surface area contributed by atoms with Crippen molar-refractivity contribution in [1.82, 2.24) is 5.32 Å². The van der Waals surface area contributed by atoms with Gasteiger partial charge in [-0.3, -0.25) is 4.79 Å². The summed E-state index contributed by atoms with van der Waals surface area (Å²) in [6.07, 6.45) is 63.9. The second-order valence-electron chi connectivity index (χ2n) is 17.9. The topological polar surface area (TPSA) is 149 Å². The standard InChI is InChI=1S/C59H97NO8/c1-3-5-7-9-11-13-15-17-19-21-22-23-24-25-26-27-28-29-30-31-32-33-35-37-39-41-43-45-47-49-55(63)60-52(51-67-59-58(66)57(65)56(64)54(50-61)68-59)53(62)48-46-44-42-40-38-36-34-20-18-16-14-12-10-8-6-4-2/h5,7,11,13,17-20,22-23,25-26,28-29,31-32,38,40,46,48,52-54,56-59,61-62,64-66H,3-4,6,8-10,12,14-16,21,24,27,30,33-37,39,41-45,47,49-51H2,1-2H3,(H,60,63)/b7-5-,13-11-,19-17-,20-18+,23-22-,26-25-,29-28-,32-31-,40-38+,48-46+. The van der Waals surface area contributed by atoms with Crippen molar-refractivity contribution in [3.8, 4) is 0 Å². The fraction of sp³-hybridized carbons (Fsp3) is 0.644. The number of aliphatic hydroxyl groups is 5. The van der Waals surface area contributed by atoms with E-state index < -0.39 is 49.5 Å². The van der Waals surface area contributed by atoms with Crippen LogP contribution in [0, 0.1) is 0 Å². The largest absolute Gasteiger partial charge is 0.394 e. The molecule has 0 aromatic rings. The van der Waals surface area contributed by atoms with E-state index >= 15 is 0 Å². The summed E-state index contributed by atoms with van der Waals surface area (Å²) in [5.41, 5.74) is 0. The van der Waals surface area contributed by atoms with Crippen LogP contribution in [0.3, 0.4) is 0 Å². The average molecular weight is 948 g/mol. The van der Waals surface area contributed by atoms with Crippen molar-refractivity contribution in [2.75, 3.05) is 13.2 Å². The van der Waals surface area contributed by atoms with E-state index in [1.54, 1.807) is 6.08 Å². The molecule has 68 heavy (non-hydrogen) atoms. The van der Waals surface area contributed by atoms with Gasteiger partial charge in [-0.2, -0.15) is 0 Å². The molecule has 0 bridgehead atoms. The van der Waals surface area contributed by atoms with Gasteiger partial charge in [0.25, 0.3) is 0 Å².